The molecule has 0 spiro atoms. The second kappa shape index (κ2) is 2.12. The highest BCUT2D eigenvalue weighted by Crippen LogP contribution is 2.61. The first-order valence-corrected chi connectivity index (χ1v) is 4.75. The van der Waals surface area contributed by atoms with E-state index in [-0.39, 0.29) is 5.54 Å². The first kappa shape index (κ1) is 7.50. The van der Waals surface area contributed by atoms with E-state index >= 15 is 0 Å². The summed E-state index contributed by atoms with van der Waals surface area (Å²) in [6, 6.07) is 0. The second-order valence-electron chi connectivity index (χ2n) is 4.18. The quantitative estimate of drug-likeness (QED) is 0.643. The average molecular weight is 179 g/mol. The van der Waals surface area contributed by atoms with Gasteiger partial charge < -0.3 is 4.52 Å². The zero-order chi connectivity index (χ0) is 9.05. The van der Waals surface area contributed by atoms with Crippen molar-refractivity contribution in [2.24, 2.45) is 5.92 Å². The minimum Gasteiger partial charge on any atom is -0.337 e. The molecule has 1 aliphatic carbocycles. The summed E-state index contributed by atoms with van der Waals surface area (Å²) < 4.78 is 5.26. The molecule has 4 nitrogen and oxygen atoms in total. The van der Waals surface area contributed by atoms with Crippen molar-refractivity contribution >= 4 is 0 Å². The molecular weight excluding hydrogens is 166 g/mol. The van der Waals surface area contributed by atoms with Gasteiger partial charge >= 0.3 is 0 Å². The van der Waals surface area contributed by atoms with Gasteiger partial charge in [0.2, 0.25) is 5.89 Å². The van der Waals surface area contributed by atoms with E-state index in [0.29, 0.717) is 0 Å². The molecule has 3 rings (SSSR count). The van der Waals surface area contributed by atoms with Gasteiger partial charge in [-0.1, -0.05) is 5.16 Å². The first-order valence-electron chi connectivity index (χ1n) is 4.75. The van der Waals surface area contributed by atoms with E-state index in [1.165, 1.54) is 12.8 Å². The SMILES string of the molecule is Cc1noc([C@]23C[C@H]2CCN3C)n1. The fourth-order valence-corrected chi connectivity index (χ4v) is 2.57. The van der Waals surface area contributed by atoms with E-state index < -0.39 is 0 Å². The Bertz CT molecular complexity index is 348. The number of likely N-dealkylation sites (tertiary alicyclic amines) is 1. The molecule has 13 heavy (non-hydrogen) atoms. The van der Waals surface area contributed by atoms with Gasteiger partial charge in [0.15, 0.2) is 5.82 Å². The average Bonchev–Trinajstić information content (AvgIpc) is 2.55. The molecule has 0 bridgehead atoms. The second-order valence-corrected chi connectivity index (χ2v) is 4.18. The number of hydrogen-bond donors (Lipinski definition) is 0. The van der Waals surface area contributed by atoms with Gasteiger partial charge in [0, 0.05) is 0 Å². The van der Waals surface area contributed by atoms with Crippen molar-refractivity contribution in [3.05, 3.63) is 11.7 Å². The van der Waals surface area contributed by atoms with Crippen molar-refractivity contribution in [3.63, 3.8) is 0 Å². The van der Waals surface area contributed by atoms with Crippen molar-refractivity contribution < 1.29 is 4.52 Å². The van der Waals surface area contributed by atoms with Crippen molar-refractivity contribution in [3.8, 4) is 0 Å². The molecular formula is C9H13N3O. The fraction of sp³-hybridized carbons (Fsp3) is 0.778. The Morgan fingerprint density at radius 3 is 2.92 bits per heavy atom. The van der Waals surface area contributed by atoms with Gasteiger partial charge in [-0.3, -0.25) is 4.90 Å². The number of rotatable bonds is 1. The van der Waals surface area contributed by atoms with E-state index in [9.17, 15) is 0 Å². The highest BCUT2D eigenvalue weighted by molar-refractivity contribution is 5.22. The van der Waals surface area contributed by atoms with Gasteiger partial charge in [0.1, 0.15) is 5.54 Å². The molecule has 1 saturated heterocycles. The zero-order valence-electron chi connectivity index (χ0n) is 7.95. The molecule has 0 radical (unpaired) electrons. The normalized spacial score (nSPS) is 37.8. The number of fused-ring (bicyclic) bond motifs is 1. The third-order valence-electron chi connectivity index (χ3n) is 3.46. The Morgan fingerprint density at radius 1 is 1.62 bits per heavy atom. The number of aromatic nitrogens is 2. The van der Waals surface area contributed by atoms with E-state index in [1.807, 2.05) is 6.92 Å². The molecule has 2 aliphatic rings. The number of piperidine rings is 1. The van der Waals surface area contributed by atoms with Gasteiger partial charge in [-0.15, -0.1) is 0 Å². The molecule has 1 aromatic rings. The van der Waals surface area contributed by atoms with Crippen LogP contribution in [-0.2, 0) is 5.54 Å². The third kappa shape index (κ3) is 0.790. The molecule has 1 aromatic heterocycles. The summed E-state index contributed by atoms with van der Waals surface area (Å²) in [7, 11) is 2.15. The molecule has 70 valence electrons. The summed E-state index contributed by atoms with van der Waals surface area (Å²) in [5.41, 5.74) is 0.126. The lowest BCUT2D eigenvalue weighted by molar-refractivity contribution is 0.202. The lowest BCUT2D eigenvalue weighted by atomic mass is 10.2. The van der Waals surface area contributed by atoms with Crippen LogP contribution in [0.1, 0.15) is 24.6 Å². The summed E-state index contributed by atoms with van der Waals surface area (Å²) in [6.45, 7) is 3.03. The van der Waals surface area contributed by atoms with E-state index in [2.05, 4.69) is 22.1 Å². The lowest BCUT2D eigenvalue weighted by Crippen LogP contribution is -2.28. The van der Waals surface area contributed by atoms with Crippen molar-refractivity contribution in [2.75, 3.05) is 13.6 Å². The van der Waals surface area contributed by atoms with Gasteiger partial charge in [-0.25, -0.2) is 0 Å². The van der Waals surface area contributed by atoms with Crippen LogP contribution < -0.4 is 0 Å². The van der Waals surface area contributed by atoms with Crippen molar-refractivity contribution in [2.45, 2.75) is 25.3 Å². The van der Waals surface area contributed by atoms with Crippen LogP contribution in [0.5, 0.6) is 0 Å². The maximum Gasteiger partial charge on any atom is 0.247 e. The highest BCUT2D eigenvalue weighted by atomic mass is 16.5. The Hall–Kier alpha value is -0.900. The van der Waals surface area contributed by atoms with Gasteiger partial charge in [0.25, 0.3) is 0 Å². The monoisotopic (exact) mass is 179 g/mol. The standard InChI is InChI=1S/C9H13N3O/c1-6-10-8(13-11-6)9-5-7(9)3-4-12(9)2/h7H,3-5H2,1-2H3/t7-,9+/m1/s1. The van der Waals surface area contributed by atoms with E-state index in [1.54, 1.807) is 0 Å². The number of aryl methyl sites for hydroxylation is 1. The summed E-state index contributed by atoms with van der Waals surface area (Å²) in [5, 5.41) is 3.85. The molecule has 0 unspecified atom stereocenters. The molecule has 1 aliphatic heterocycles. The van der Waals surface area contributed by atoms with Crippen LogP contribution in [0.3, 0.4) is 0 Å². The van der Waals surface area contributed by atoms with Crippen LogP contribution in [0.25, 0.3) is 0 Å². The minimum absolute atomic E-state index is 0.126. The van der Waals surface area contributed by atoms with E-state index in [0.717, 1.165) is 24.2 Å². The molecule has 2 atom stereocenters. The van der Waals surface area contributed by atoms with Crippen LogP contribution in [-0.4, -0.2) is 28.6 Å². The van der Waals surface area contributed by atoms with Crippen molar-refractivity contribution in [1.82, 2.24) is 15.0 Å². The summed E-state index contributed by atoms with van der Waals surface area (Å²) in [6.07, 6.45) is 2.48. The Morgan fingerprint density at radius 2 is 2.46 bits per heavy atom. The maximum absolute atomic E-state index is 5.26. The molecule has 2 fully saturated rings. The van der Waals surface area contributed by atoms with Gasteiger partial charge in [0.05, 0.1) is 0 Å². The molecule has 0 N–H and O–H groups in total. The summed E-state index contributed by atoms with van der Waals surface area (Å²) >= 11 is 0. The van der Waals surface area contributed by atoms with Crippen LogP contribution >= 0.6 is 0 Å². The number of nitrogens with zero attached hydrogens (tertiary/aromatic N) is 3. The fourth-order valence-electron chi connectivity index (χ4n) is 2.57. The maximum atomic E-state index is 5.26. The highest BCUT2D eigenvalue weighted by Gasteiger charge is 2.65. The molecule has 0 amide bonds. The van der Waals surface area contributed by atoms with Crippen LogP contribution in [0, 0.1) is 12.8 Å². The van der Waals surface area contributed by atoms with Gasteiger partial charge in [-0.05, 0) is 39.3 Å². The Kier molecular flexibility index (Phi) is 1.22. The zero-order valence-corrected chi connectivity index (χ0v) is 7.95. The summed E-state index contributed by atoms with van der Waals surface area (Å²) in [5.74, 6) is 2.34. The smallest absolute Gasteiger partial charge is 0.247 e. The number of hydrogen-bond acceptors (Lipinski definition) is 4. The Balaban J connectivity index is 2.01. The minimum atomic E-state index is 0.126. The Labute approximate surface area is 76.9 Å². The molecule has 2 heterocycles. The molecule has 0 aromatic carbocycles. The van der Waals surface area contributed by atoms with Crippen LogP contribution in [0.2, 0.25) is 0 Å². The van der Waals surface area contributed by atoms with Crippen LogP contribution in [0.4, 0.5) is 0 Å². The largest absolute Gasteiger partial charge is 0.337 e. The van der Waals surface area contributed by atoms with Crippen molar-refractivity contribution in [1.29, 1.82) is 0 Å². The summed E-state index contributed by atoms with van der Waals surface area (Å²) in [4.78, 5) is 6.69. The lowest BCUT2D eigenvalue weighted by Gasteiger charge is -2.19. The topological polar surface area (TPSA) is 42.2 Å². The predicted octanol–water partition coefficient (Wildman–Crippen LogP) is 0.929. The predicted molar refractivity (Wildman–Crippen MR) is 46.1 cm³/mol. The van der Waals surface area contributed by atoms with E-state index in [4.69, 9.17) is 4.52 Å². The first-order chi connectivity index (χ1) is 6.23. The third-order valence-corrected chi connectivity index (χ3v) is 3.46. The van der Waals surface area contributed by atoms with Crippen LogP contribution in [0.15, 0.2) is 4.52 Å². The van der Waals surface area contributed by atoms with Gasteiger partial charge in [-0.2, -0.15) is 4.98 Å². The molecule has 4 heteroatoms. The molecule has 1 saturated carbocycles.